The van der Waals surface area contributed by atoms with Gasteiger partial charge in [0.2, 0.25) is 0 Å². The third-order valence-corrected chi connectivity index (χ3v) is 22.9. The summed E-state index contributed by atoms with van der Waals surface area (Å²) in [5.74, 6) is 3.78. The molecule has 0 aliphatic heterocycles. The summed E-state index contributed by atoms with van der Waals surface area (Å²) in [7, 11) is 0. The molecule has 8 heteroatoms. The smallest absolute Gasteiger partial charge is 0.164 e. The molecule has 2 unspecified atom stereocenters. The Kier molecular flexibility index (Phi) is 17.7. The van der Waals surface area contributed by atoms with Gasteiger partial charge in [0.1, 0.15) is 0 Å². The normalized spacial score (nSPS) is 14.1. The molecule has 0 fully saturated rings. The molecule has 540 valence electrons. The van der Waals surface area contributed by atoms with Crippen molar-refractivity contribution in [3.05, 3.63) is 468 Å². The van der Waals surface area contributed by atoms with E-state index in [1.165, 1.54) is 77.2 Å². The molecule has 2 atom stereocenters. The Balaban J connectivity index is 0.000000150. The first kappa shape index (κ1) is 69.5. The van der Waals surface area contributed by atoms with Gasteiger partial charge in [-0.05, 0) is 182 Å². The van der Waals surface area contributed by atoms with E-state index in [0.717, 1.165) is 77.9 Å². The third-order valence-electron chi connectivity index (χ3n) is 22.9. The van der Waals surface area contributed by atoms with Gasteiger partial charge in [-0.3, -0.25) is 0 Å². The SMILES string of the molecule is N#Cc1ccc(-c2ccc3c(c2)C(c2ccccc2)(c2ccc(-c4nc(-c5ccccc5)nc(-c5ccccc5)n4)cc2)c2cc4ccccc4cc2-3)cc1.N#Cc1ccc(C2(c3ccccc3)c3cc(-c4cccc(-c5cccc(-c6nc(-c7ccccc7)nc(-c7ccccc7)n6)c5)c4)ccc3-c3c2ccc2ccccc32)cc1. The number of nitrogens with zero attached hydrogens (tertiary/aromatic N) is 8. The van der Waals surface area contributed by atoms with Crippen molar-refractivity contribution in [2.75, 3.05) is 0 Å². The summed E-state index contributed by atoms with van der Waals surface area (Å²) in [5, 5.41) is 24.1. The van der Waals surface area contributed by atoms with Gasteiger partial charge in [0.15, 0.2) is 34.9 Å². The summed E-state index contributed by atoms with van der Waals surface area (Å²) in [6, 6.07) is 149. The van der Waals surface area contributed by atoms with Gasteiger partial charge < -0.3 is 0 Å². The second kappa shape index (κ2) is 29.5. The lowest BCUT2D eigenvalue weighted by molar-refractivity contribution is 0.769. The van der Waals surface area contributed by atoms with Crippen LogP contribution < -0.4 is 0 Å². The molecule has 2 aromatic heterocycles. The van der Waals surface area contributed by atoms with E-state index in [0.29, 0.717) is 46.1 Å². The maximum atomic E-state index is 9.80. The predicted molar refractivity (Wildman–Crippen MR) is 468 cm³/mol. The largest absolute Gasteiger partial charge is 0.208 e. The third kappa shape index (κ3) is 12.3. The van der Waals surface area contributed by atoms with Crippen molar-refractivity contribution in [3.8, 4) is 136 Å². The Hall–Kier alpha value is -15.7. The van der Waals surface area contributed by atoms with E-state index >= 15 is 0 Å². The minimum absolute atomic E-state index is 0.617. The zero-order valence-electron chi connectivity index (χ0n) is 62.8. The lowest BCUT2D eigenvalue weighted by Gasteiger charge is -2.34. The Morgan fingerprint density at radius 3 is 0.983 bits per heavy atom. The quantitative estimate of drug-likeness (QED) is 0.112. The van der Waals surface area contributed by atoms with Crippen LogP contribution in [0.1, 0.15) is 55.6 Å². The summed E-state index contributed by atoms with van der Waals surface area (Å²) >= 11 is 0. The van der Waals surface area contributed by atoms with Gasteiger partial charge in [0.25, 0.3) is 0 Å². The molecule has 0 spiro atoms. The molecule has 21 rings (SSSR count). The molecule has 0 amide bonds. The average Bonchev–Trinajstić information content (AvgIpc) is 1.53. The van der Waals surface area contributed by atoms with Crippen LogP contribution in [0.4, 0.5) is 0 Å². The van der Waals surface area contributed by atoms with Gasteiger partial charge in [0.05, 0.1) is 34.1 Å². The number of rotatable bonds is 13. The number of hydrogen-bond acceptors (Lipinski definition) is 8. The number of nitriles is 2. The molecule has 2 aliphatic rings. The molecule has 19 aromatic rings. The topological polar surface area (TPSA) is 125 Å². The molecular formula is C108H68N8. The maximum Gasteiger partial charge on any atom is 0.164 e. The Morgan fingerprint density at radius 1 is 0.190 bits per heavy atom. The van der Waals surface area contributed by atoms with E-state index in [-0.39, 0.29) is 0 Å². The monoisotopic (exact) mass is 1480 g/mol. The van der Waals surface area contributed by atoms with Crippen LogP contribution in [-0.2, 0) is 10.8 Å². The number of hydrogen-bond donors (Lipinski definition) is 0. The first-order chi connectivity index (χ1) is 57.4. The Morgan fingerprint density at radius 2 is 0.500 bits per heavy atom. The highest BCUT2D eigenvalue weighted by molar-refractivity contribution is 6.05. The van der Waals surface area contributed by atoms with E-state index in [1.54, 1.807) is 0 Å². The second-order valence-corrected chi connectivity index (χ2v) is 29.4. The molecule has 2 heterocycles. The molecule has 0 bridgehead atoms. The summed E-state index contributed by atoms with van der Waals surface area (Å²) in [6.45, 7) is 0. The van der Waals surface area contributed by atoms with Crippen LogP contribution in [0.15, 0.2) is 413 Å². The van der Waals surface area contributed by atoms with E-state index < -0.39 is 10.8 Å². The van der Waals surface area contributed by atoms with Crippen LogP contribution in [0.25, 0.3) is 146 Å². The number of aromatic nitrogens is 6. The van der Waals surface area contributed by atoms with Crippen molar-refractivity contribution in [3.63, 3.8) is 0 Å². The molecule has 0 saturated carbocycles. The second-order valence-electron chi connectivity index (χ2n) is 29.4. The van der Waals surface area contributed by atoms with Crippen LogP contribution in [0.5, 0.6) is 0 Å². The lowest BCUT2D eigenvalue weighted by Crippen LogP contribution is -2.28. The molecule has 2 aliphatic carbocycles. The van der Waals surface area contributed by atoms with E-state index in [9.17, 15) is 10.5 Å². The standard InChI is InChI=1S/C57H36N4.C51H32N4/c58-37-38-26-30-48(31-27-38)57(47-23-8-3-9-24-47)51-33-29-39-14-10-11-25-49(39)53(51)50-32-28-45(36-52(50)57)43-20-12-19-42(34-43)44-21-13-22-46(35-44)56-60-54(40-15-4-1-5-16-40)59-55(61-56)41-17-6-2-7-18-41;52-33-34-20-22-35(23-21-34)41-26-29-44-45-30-39-16-10-11-17-40(39)31-47(45)51(46(44)32-41,42-18-8-3-9-19-42)43-27-24-38(25-28-43)50-54-48(36-12-4-1-5-13-36)53-49(55-50)37-14-6-2-7-15-37/h1-36H;1-32H. The van der Waals surface area contributed by atoms with Crippen molar-refractivity contribution in [2.45, 2.75) is 10.8 Å². The van der Waals surface area contributed by atoms with Gasteiger partial charge in [-0.25, -0.2) is 29.9 Å². The van der Waals surface area contributed by atoms with Gasteiger partial charge in [-0.2, -0.15) is 10.5 Å². The first-order valence-electron chi connectivity index (χ1n) is 38.9. The average molecular weight is 1480 g/mol. The Bertz CT molecular complexity index is 6940. The van der Waals surface area contributed by atoms with E-state index in [2.05, 4.69) is 267 Å². The highest BCUT2D eigenvalue weighted by Crippen LogP contribution is 2.60. The van der Waals surface area contributed by atoms with Crippen LogP contribution in [0.2, 0.25) is 0 Å². The van der Waals surface area contributed by atoms with Crippen molar-refractivity contribution < 1.29 is 0 Å². The fourth-order valence-electron chi connectivity index (χ4n) is 17.4. The first-order valence-corrected chi connectivity index (χ1v) is 38.9. The molecule has 8 nitrogen and oxygen atoms in total. The molecule has 17 aromatic carbocycles. The van der Waals surface area contributed by atoms with Gasteiger partial charge in [-0.15, -0.1) is 0 Å². The van der Waals surface area contributed by atoms with Gasteiger partial charge in [0, 0.05) is 33.4 Å². The minimum Gasteiger partial charge on any atom is -0.208 e. The van der Waals surface area contributed by atoms with Crippen LogP contribution in [0, 0.1) is 22.7 Å². The molecular weight excluding hydrogens is 1410 g/mol. The maximum absolute atomic E-state index is 9.80. The summed E-state index contributed by atoms with van der Waals surface area (Å²) < 4.78 is 0. The fourth-order valence-corrected chi connectivity index (χ4v) is 17.4. The van der Waals surface area contributed by atoms with Gasteiger partial charge >= 0.3 is 0 Å². The van der Waals surface area contributed by atoms with Crippen molar-refractivity contribution in [1.29, 1.82) is 10.5 Å². The summed E-state index contributed by atoms with van der Waals surface area (Å²) in [5.41, 5.74) is 26.7. The summed E-state index contributed by atoms with van der Waals surface area (Å²) in [6.07, 6.45) is 0. The Labute approximate surface area is 672 Å². The number of benzene rings is 17. The predicted octanol–water partition coefficient (Wildman–Crippen LogP) is 25.5. The van der Waals surface area contributed by atoms with Crippen molar-refractivity contribution in [2.24, 2.45) is 0 Å². The lowest BCUT2D eigenvalue weighted by atomic mass is 9.67. The summed E-state index contributed by atoms with van der Waals surface area (Å²) in [4.78, 5) is 29.9. The molecule has 0 N–H and O–H groups in total. The number of fused-ring (bicyclic) bond motifs is 9. The van der Waals surface area contributed by atoms with Crippen LogP contribution in [-0.4, -0.2) is 29.9 Å². The molecule has 0 saturated heterocycles. The fraction of sp³-hybridized carbons (Fsp3) is 0.0185. The van der Waals surface area contributed by atoms with Crippen molar-refractivity contribution >= 4 is 21.5 Å². The van der Waals surface area contributed by atoms with E-state index in [1.807, 2.05) is 158 Å². The van der Waals surface area contributed by atoms with E-state index in [4.69, 9.17) is 29.9 Å². The zero-order chi connectivity index (χ0) is 77.5. The van der Waals surface area contributed by atoms with Crippen molar-refractivity contribution in [1.82, 2.24) is 29.9 Å². The molecule has 116 heavy (non-hydrogen) atoms. The van der Waals surface area contributed by atoms with Crippen LogP contribution >= 0.6 is 0 Å². The molecule has 0 radical (unpaired) electrons. The van der Waals surface area contributed by atoms with Crippen LogP contribution in [0.3, 0.4) is 0 Å². The van der Waals surface area contributed by atoms with Gasteiger partial charge in [-0.1, -0.05) is 352 Å². The zero-order valence-corrected chi connectivity index (χ0v) is 62.8. The highest BCUT2D eigenvalue weighted by atomic mass is 15.0. The minimum atomic E-state index is -0.624. The highest BCUT2D eigenvalue weighted by Gasteiger charge is 2.48.